The molecular weight excluding hydrogens is 217 g/mol. The average molecular weight is 232 g/mol. The van der Waals surface area contributed by atoms with Crippen LogP contribution in [-0.2, 0) is 0 Å². The molecule has 0 amide bonds. The van der Waals surface area contributed by atoms with E-state index in [0.717, 1.165) is 0 Å². The number of aliphatic hydroxyl groups excluding tert-OH is 1. The van der Waals surface area contributed by atoms with Gasteiger partial charge in [0.25, 0.3) is 0 Å². The van der Waals surface area contributed by atoms with Crippen LogP contribution in [-0.4, -0.2) is 18.7 Å². The summed E-state index contributed by atoms with van der Waals surface area (Å²) < 4.78 is 13.8. The summed E-state index contributed by atoms with van der Waals surface area (Å²) in [6.45, 7) is 3.65. The number of halogens is 2. The third kappa shape index (κ3) is 2.48. The number of aryl methyl sites for hydroxylation is 1. The van der Waals surface area contributed by atoms with Crippen LogP contribution in [0.25, 0.3) is 0 Å². The molecule has 0 spiro atoms. The van der Waals surface area contributed by atoms with Crippen LogP contribution < -0.4 is 5.32 Å². The van der Waals surface area contributed by atoms with E-state index in [0.29, 0.717) is 22.7 Å². The third-order valence-corrected chi connectivity index (χ3v) is 2.81. The third-order valence-electron chi connectivity index (χ3n) is 2.42. The molecule has 84 valence electrons. The van der Waals surface area contributed by atoms with E-state index < -0.39 is 6.10 Å². The average Bonchev–Trinajstić information content (AvgIpc) is 2.16. The maximum Gasteiger partial charge on any atom is 0.132 e. The lowest BCUT2D eigenvalue weighted by atomic mass is 9.99. The Morgan fingerprint density at radius 3 is 2.67 bits per heavy atom. The molecule has 4 heteroatoms. The number of hydrogen-bond donors (Lipinski definition) is 2. The van der Waals surface area contributed by atoms with Crippen molar-refractivity contribution in [2.45, 2.75) is 20.0 Å². The van der Waals surface area contributed by atoms with E-state index >= 15 is 0 Å². The van der Waals surface area contributed by atoms with E-state index in [1.807, 2.05) is 0 Å². The van der Waals surface area contributed by atoms with Crippen LogP contribution >= 0.6 is 11.6 Å². The van der Waals surface area contributed by atoms with Gasteiger partial charge >= 0.3 is 0 Å². The Morgan fingerprint density at radius 1 is 1.53 bits per heavy atom. The van der Waals surface area contributed by atoms with Gasteiger partial charge in [-0.05, 0) is 38.1 Å². The molecule has 0 aliphatic rings. The lowest BCUT2D eigenvalue weighted by Crippen LogP contribution is -2.19. The molecule has 0 saturated heterocycles. The van der Waals surface area contributed by atoms with Crippen LogP contribution in [0.1, 0.15) is 22.8 Å². The fraction of sp³-hybridized carbons (Fsp3) is 0.455. The van der Waals surface area contributed by atoms with Gasteiger partial charge in [0.1, 0.15) is 5.82 Å². The van der Waals surface area contributed by atoms with Gasteiger partial charge in [-0.3, -0.25) is 0 Å². The molecule has 0 fully saturated rings. The van der Waals surface area contributed by atoms with Gasteiger partial charge in [-0.2, -0.15) is 0 Å². The minimum atomic E-state index is -0.868. The van der Waals surface area contributed by atoms with Gasteiger partial charge in [0.15, 0.2) is 0 Å². The van der Waals surface area contributed by atoms with Gasteiger partial charge in [0, 0.05) is 17.1 Å². The van der Waals surface area contributed by atoms with E-state index in [1.54, 1.807) is 27.0 Å². The van der Waals surface area contributed by atoms with Crippen molar-refractivity contribution in [1.82, 2.24) is 5.32 Å². The fourth-order valence-electron chi connectivity index (χ4n) is 1.56. The van der Waals surface area contributed by atoms with Crippen molar-refractivity contribution in [1.29, 1.82) is 0 Å². The van der Waals surface area contributed by atoms with E-state index in [9.17, 15) is 9.50 Å². The molecule has 0 heterocycles. The predicted octanol–water partition coefficient (Wildman–Crippen LogP) is 2.35. The van der Waals surface area contributed by atoms with Gasteiger partial charge in [-0.15, -0.1) is 0 Å². The summed E-state index contributed by atoms with van der Waals surface area (Å²) >= 11 is 5.94. The Balaban J connectivity index is 3.26. The zero-order valence-electron chi connectivity index (χ0n) is 9.06. The normalized spacial score (nSPS) is 12.9. The molecule has 1 aromatic carbocycles. The summed E-state index contributed by atoms with van der Waals surface area (Å²) in [4.78, 5) is 0. The minimum absolute atomic E-state index is 0.286. The van der Waals surface area contributed by atoms with E-state index in [4.69, 9.17) is 11.6 Å². The number of hydrogen-bond acceptors (Lipinski definition) is 2. The van der Waals surface area contributed by atoms with Gasteiger partial charge in [-0.25, -0.2) is 4.39 Å². The summed E-state index contributed by atoms with van der Waals surface area (Å²) in [5.41, 5.74) is 1.34. The Morgan fingerprint density at radius 2 is 2.13 bits per heavy atom. The van der Waals surface area contributed by atoms with E-state index in [-0.39, 0.29) is 11.4 Å². The zero-order chi connectivity index (χ0) is 11.6. The highest BCUT2D eigenvalue weighted by Gasteiger charge is 2.18. The topological polar surface area (TPSA) is 32.3 Å². The molecule has 15 heavy (non-hydrogen) atoms. The molecule has 1 unspecified atom stereocenters. The Labute approximate surface area is 94.1 Å². The smallest absolute Gasteiger partial charge is 0.132 e. The highest BCUT2D eigenvalue weighted by molar-refractivity contribution is 6.31. The number of rotatable bonds is 3. The highest BCUT2D eigenvalue weighted by atomic mass is 35.5. The SMILES string of the molecule is CNCC(O)c1c(C)c(Cl)cc(C)c1F. The first-order valence-electron chi connectivity index (χ1n) is 4.76. The van der Waals surface area contributed by atoms with Crippen molar-refractivity contribution in [3.8, 4) is 0 Å². The quantitative estimate of drug-likeness (QED) is 0.837. The lowest BCUT2D eigenvalue weighted by Gasteiger charge is -2.16. The van der Waals surface area contributed by atoms with Crippen molar-refractivity contribution >= 4 is 11.6 Å². The van der Waals surface area contributed by atoms with E-state index in [2.05, 4.69) is 5.32 Å². The van der Waals surface area contributed by atoms with Crippen molar-refractivity contribution in [3.63, 3.8) is 0 Å². The van der Waals surface area contributed by atoms with Crippen LogP contribution in [0.5, 0.6) is 0 Å². The maximum atomic E-state index is 13.8. The molecule has 0 bridgehead atoms. The van der Waals surface area contributed by atoms with Crippen LogP contribution in [0.4, 0.5) is 4.39 Å². The van der Waals surface area contributed by atoms with Crippen LogP contribution in [0.15, 0.2) is 6.07 Å². The van der Waals surface area contributed by atoms with Crippen LogP contribution in [0, 0.1) is 19.7 Å². The number of nitrogens with one attached hydrogen (secondary N) is 1. The summed E-state index contributed by atoms with van der Waals surface area (Å²) in [7, 11) is 1.70. The van der Waals surface area contributed by atoms with Crippen LogP contribution in [0.3, 0.4) is 0 Å². The summed E-state index contributed by atoms with van der Waals surface area (Å²) in [6.07, 6.45) is -0.868. The first-order valence-corrected chi connectivity index (χ1v) is 5.14. The predicted molar refractivity (Wildman–Crippen MR) is 59.8 cm³/mol. The largest absolute Gasteiger partial charge is 0.387 e. The molecule has 1 rings (SSSR count). The van der Waals surface area contributed by atoms with Crippen molar-refractivity contribution in [2.24, 2.45) is 0 Å². The first kappa shape index (κ1) is 12.4. The molecule has 0 aromatic heterocycles. The Bertz CT molecular complexity index is 342. The lowest BCUT2D eigenvalue weighted by molar-refractivity contribution is 0.172. The monoisotopic (exact) mass is 231 g/mol. The second kappa shape index (κ2) is 4.92. The molecule has 1 atom stereocenters. The number of benzene rings is 1. The molecule has 1 aromatic rings. The van der Waals surface area contributed by atoms with Crippen LogP contribution in [0.2, 0.25) is 5.02 Å². The van der Waals surface area contributed by atoms with Gasteiger partial charge in [0.2, 0.25) is 0 Å². The maximum absolute atomic E-state index is 13.8. The molecule has 0 saturated carbocycles. The molecule has 0 radical (unpaired) electrons. The highest BCUT2D eigenvalue weighted by Crippen LogP contribution is 2.29. The zero-order valence-corrected chi connectivity index (χ0v) is 9.82. The summed E-state index contributed by atoms with van der Waals surface area (Å²) in [5, 5.41) is 13.1. The van der Waals surface area contributed by atoms with Gasteiger partial charge in [-0.1, -0.05) is 11.6 Å². The molecule has 0 aliphatic carbocycles. The summed E-state index contributed by atoms with van der Waals surface area (Å²) in [6, 6.07) is 1.57. The fourth-order valence-corrected chi connectivity index (χ4v) is 1.82. The Hall–Kier alpha value is -0.640. The second-order valence-electron chi connectivity index (χ2n) is 3.60. The van der Waals surface area contributed by atoms with Gasteiger partial charge in [0.05, 0.1) is 6.10 Å². The number of aliphatic hydroxyl groups is 1. The van der Waals surface area contributed by atoms with Crippen molar-refractivity contribution in [3.05, 3.63) is 33.6 Å². The Kier molecular flexibility index (Phi) is 4.08. The molecule has 2 nitrogen and oxygen atoms in total. The van der Waals surface area contributed by atoms with Crippen molar-refractivity contribution < 1.29 is 9.50 Å². The molecule has 0 aliphatic heterocycles. The molecule has 2 N–H and O–H groups in total. The standard InChI is InChI=1S/C11H15ClFNO/c1-6-4-8(12)7(2)10(11(6)13)9(15)5-14-3/h4,9,14-15H,5H2,1-3H3. The van der Waals surface area contributed by atoms with E-state index in [1.165, 1.54) is 0 Å². The second-order valence-corrected chi connectivity index (χ2v) is 4.01. The summed E-state index contributed by atoms with van der Waals surface area (Å²) in [5.74, 6) is -0.375. The first-order chi connectivity index (χ1) is 6.99. The van der Waals surface area contributed by atoms with Gasteiger partial charge < -0.3 is 10.4 Å². The molecular formula is C11H15ClFNO. The number of likely N-dealkylation sites (N-methyl/N-ethyl adjacent to an activating group) is 1. The van der Waals surface area contributed by atoms with Crippen molar-refractivity contribution in [2.75, 3.05) is 13.6 Å². The minimum Gasteiger partial charge on any atom is -0.387 e.